The Hall–Kier alpha value is -3.87. The van der Waals surface area contributed by atoms with E-state index in [0.29, 0.717) is 11.5 Å². The summed E-state index contributed by atoms with van der Waals surface area (Å²) in [5, 5.41) is 12.6. The number of carbonyl (C=O) groups is 1. The number of hydrogen-bond acceptors (Lipinski definition) is 3. The zero-order valence-corrected chi connectivity index (χ0v) is 14.5. The third-order valence-corrected chi connectivity index (χ3v) is 4.04. The lowest BCUT2D eigenvalue weighted by molar-refractivity contribution is 0.262. The van der Waals surface area contributed by atoms with Crippen molar-refractivity contribution in [2.24, 2.45) is 0 Å². The lowest BCUT2D eigenvalue weighted by Gasteiger charge is -2.07. The maximum absolute atomic E-state index is 12.2. The van der Waals surface area contributed by atoms with Gasteiger partial charge >= 0.3 is 6.03 Å². The van der Waals surface area contributed by atoms with Crippen molar-refractivity contribution in [3.05, 3.63) is 84.9 Å². The number of aromatic nitrogens is 4. The zero-order valence-electron chi connectivity index (χ0n) is 14.5. The number of H-pyrrole nitrogens is 1. The molecule has 27 heavy (non-hydrogen) atoms. The molecule has 134 valence electrons. The molecule has 0 aliphatic heterocycles. The molecule has 2 aromatic heterocycles. The number of imidazole rings is 1. The van der Waals surface area contributed by atoms with Crippen LogP contribution in [0.2, 0.25) is 0 Å². The summed E-state index contributed by atoms with van der Waals surface area (Å²) in [7, 11) is 0. The smallest absolute Gasteiger partial charge is 0.324 e. The Balaban J connectivity index is 1.35. The van der Waals surface area contributed by atoms with Crippen LogP contribution in [0, 0.1) is 0 Å². The molecule has 7 nitrogen and oxygen atoms in total. The molecule has 0 aliphatic rings. The number of amides is 2. The second kappa shape index (κ2) is 7.57. The first-order valence-electron chi connectivity index (χ1n) is 8.50. The van der Waals surface area contributed by atoms with E-state index < -0.39 is 0 Å². The van der Waals surface area contributed by atoms with E-state index in [1.807, 2.05) is 65.4 Å². The molecular weight excluding hydrogens is 340 g/mol. The molecule has 3 N–H and O–H groups in total. The Labute approximate surface area is 156 Å². The Morgan fingerprint density at radius 1 is 1.04 bits per heavy atom. The molecule has 0 radical (unpaired) electrons. The SMILES string of the molecule is O=C(Nc1ccc(Cn2ccnc2)cc1)Nc1cc(-c2ccccc2)[nH]n1. The molecule has 0 fully saturated rings. The summed E-state index contributed by atoms with van der Waals surface area (Å²) in [5.74, 6) is 0.461. The predicted molar refractivity (Wildman–Crippen MR) is 104 cm³/mol. The van der Waals surface area contributed by atoms with Crippen molar-refractivity contribution < 1.29 is 4.79 Å². The number of carbonyl (C=O) groups excluding carboxylic acids is 1. The van der Waals surface area contributed by atoms with Crippen LogP contribution in [0.25, 0.3) is 11.3 Å². The van der Waals surface area contributed by atoms with E-state index in [0.717, 1.165) is 23.4 Å². The topological polar surface area (TPSA) is 87.6 Å². The molecule has 0 saturated carbocycles. The number of urea groups is 1. The highest BCUT2D eigenvalue weighted by Crippen LogP contribution is 2.19. The van der Waals surface area contributed by atoms with E-state index in [2.05, 4.69) is 25.8 Å². The second-order valence-corrected chi connectivity index (χ2v) is 6.04. The van der Waals surface area contributed by atoms with Gasteiger partial charge < -0.3 is 9.88 Å². The van der Waals surface area contributed by atoms with Crippen LogP contribution in [0.15, 0.2) is 79.4 Å². The van der Waals surface area contributed by atoms with Crippen LogP contribution in [0.3, 0.4) is 0 Å². The first kappa shape index (κ1) is 16.6. The van der Waals surface area contributed by atoms with Gasteiger partial charge in [-0.05, 0) is 23.3 Å². The number of aromatic amines is 1. The molecule has 4 aromatic rings. The molecule has 0 bridgehead atoms. The van der Waals surface area contributed by atoms with Crippen LogP contribution in [0.5, 0.6) is 0 Å². The third kappa shape index (κ3) is 4.21. The van der Waals surface area contributed by atoms with Crippen molar-refractivity contribution in [1.29, 1.82) is 0 Å². The Bertz CT molecular complexity index is 1010. The quantitative estimate of drug-likeness (QED) is 0.504. The normalized spacial score (nSPS) is 10.5. The van der Waals surface area contributed by atoms with Gasteiger partial charge in [-0.1, -0.05) is 42.5 Å². The molecule has 0 aliphatic carbocycles. The molecule has 0 unspecified atom stereocenters. The van der Waals surface area contributed by atoms with Crippen LogP contribution in [0.4, 0.5) is 16.3 Å². The van der Waals surface area contributed by atoms with Gasteiger partial charge in [0, 0.05) is 30.7 Å². The Morgan fingerprint density at radius 3 is 2.59 bits per heavy atom. The summed E-state index contributed by atoms with van der Waals surface area (Å²) >= 11 is 0. The van der Waals surface area contributed by atoms with Gasteiger partial charge in [-0.3, -0.25) is 10.4 Å². The minimum Gasteiger partial charge on any atom is -0.333 e. The molecule has 0 saturated heterocycles. The standard InChI is InChI=1S/C20H18N6O/c27-20(23-19-12-18(24-25-19)16-4-2-1-3-5-16)22-17-8-6-15(7-9-17)13-26-11-10-21-14-26/h1-12,14H,13H2,(H3,22,23,24,25,27). The molecule has 2 heterocycles. The predicted octanol–water partition coefficient (Wildman–Crippen LogP) is 3.97. The first-order chi connectivity index (χ1) is 13.3. The minimum atomic E-state index is -0.344. The van der Waals surface area contributed by atoms with Gasteiger partial charge in [0.15, 0.2) is 5.82 Å². The highest BCUT2D eigenvalue weighted by molar-refractivity contribution is 5.99. The van der Waals surface area contributed by atoms with Crippen LogP contribution >= 0.6 is 0 Å². The summed E-state index contributed by atoms with van der Waals surface area (Å²) in [4.78, 5) is 16.2. The number of anilines is 2. The zero-order chi connectivity index (χ0) is 18.5. The summed E-state index contributed by atoms with van der Waals surface area (Å²) in [6, 6.07) is 18.9. The maximum atomic E-state index is 12.2. The highest BCUT2D eigenvalue weighted by atomic mass is 16.2. The number of rotatable bonds is 5. The van der Waals surface area contributed by atoms with Crippen molar-refractivity contribution >= 4 is 17.5 Å². The van der Waals surface area contributed by atoms with Crippen LogP contribution in [-0.2, 0) is 6.54 Å². The van der Waals surface area contributed by atoms with Crippen molar-refractivity contribution in [3.8, 4) is 11.3 Å². The molecule has 2 aromatic carbocycles. The van der Waals surface area contributed by atoms with E-state index in [1.165, 1.54) is 0 Å². The summed E-state index contributed by atoms with van der Waals surface area (Å²) in [6.07, 6.45) is 5.43. The minimum absolute atomic E-state index is 0.344. The summed E-state index contributed by atoms with van der Waals surface area (Å²) < 4.78 is 1.98. The van der Waals surface area contributed by atoms with Crippen LogP contribution < -0.4 is 10.6 Å². The Morgan fingerprint density at radius 2 is 1.85 bits per heavy atom. The molecule has 4 rings (SSSR count). The number of nitrogens with one attached hydrogen (secondary N) is 3. The van der Waals surface area contributed by atoms with E-state index in [-0.39, 0.29) is 6.03 Å². The first-order valence-corrected chi connectivity index (χ1v) is 8.50. The molecule has 7 heteroatoms. The largest absolute Gasteiger partial charge is 0.333 e. The molecule has 0 atom stereocenters. The summed E-state index contributed by atoms with van der Waals surface area (Å²) in [6.45, 7) is 0.738. The molecular formula is C20H18N6O. The van der Waals surface area contributed by atoms with Gasteiger partial charge in [0.25, 0.3) is 0 Å². The van der Waals surface area contributed by atoms with Crippen LogP contribution in [-0.4, -0.2) is 25.8 Å². The fourth-order valence-corrected chi connectivity index (χ4v) is 2.71. The number of hydrogen-bond donors (Lipinski definition) is 3. The lowest BCUT2D eigenvalue weighted by Crippen LogP contribution is -2.19. The summed E-state index contributed by atoms with van der Waals surface area (Å²) in [5.41, 5.74) is 3.68. The van der Waals surface area contributed by atoms with Gasteiger partial charge in [-0.15, -0.1) is 0 Å². The average molecular weight is 358 g/mol. The van der Waals surface area contributed by atoms with E-state index in [4.69, 9.17) is 0 Å². The number of nitrogens with zero attached hydrogens (tertiary/aromatic N) is 3. The van der Waals surface area contributed by atoms with Crippen molar-refractivity contribution in [2.45, 2.75) is 6.54 Å². The van der Waals surface area contributed by atoms with Gasteiger partial charge in [-0.2, -0.15) is 5.10 Å². The lowest BCUT2D eigenvalue weighted by atomic mass is 10.2. The highest BCUT2D eigenvalue weighted by Gasteiger charge is 2.07. The van der Waals surface area contributed by atoms with Crippen molar-refractivity contribution in [2.75, 3.05) is 10.6 Å². The third-order valence-electron chi connectivity index (χ3n) is 4.04. The molecule has 0 spiro atoms. The maximum Gasteiger partial charge on any atom is 0.324 e. The van der Waals surface area contributed by atoms with Gasteiger partial charge in [0.1, 0.15) is 0 Å². The van der Waals surface area contributed by atoms with Gasteiger partial charge in [0.2, 0.25) is 0 Å². The van der Waals surface area contributed by atoms with E-state index >= 15 is 0 Å². The Kier molecular flexibility index (Phi) is 4.65. The fraction of sp³-hybridized carbons (Fsp3) is 0.0500. The monoisotopic (exact) mass is 358 g/mol. The average Bonchev–Trinajstić information content (AvgIpc) is 3.36. The second-order valence-electron chi connectivity index (χ2n) is 6.04. The van der Waals surface area contributed by atoms with E-state index in [9.17, 15) is 4.79 Å². The van der Waals surface area contributed by atoms with Gasteiger partial charge in [-0.25, -0.2) is 9.78 Å². The molecule has 2 amide bonds. The van der Waals surface area contributed by atoms with E-state index in [1.54, 1.807) is 18.6 Å². The van der Waals surface area contributed by atoms with Gasteiger partial charge in [0.05, 0.1) is 12.0 Å². The van der Waals surface area contributed by atoms with Crippen molar-refractivity contribution in [3.63, 3.8) is 0 Å². The van der Waals surface area contributed by atoms with Crippen molar-refractivity contribution in [1.82, 2.24) is 19.7 Å². The van der Waals surface area contributed by atoms with Crippen LogP contribution in [0.1, 0.15) is 5.56 Å². The fourth-order valence-electron chi connectivity index (χ4n) is 2.71. The number of benzene rings is 2.